The van der Waals surface area contributed by atoms with E-state index in [0.29, 0.717) is 19.7 Å². The topological polar surface area (TPSA) is 48.6 Å². The lowest BCUT2D eigenvalue weighted by Gasteiger charge is -2.34. The molecule has 1 aliphatic heterocycles. The summed E-state index contributed by atoms with van der Waals surface area (Å²) in [5, 5.41) is 1.20. The molecule has 1 aromatic heterocycles. The summed E-state index contributed by atoms with van der Waals surface area (Å²) < 4.78 is 5.56. The molecule has 31 heavy (non-hydrogen) atoms. The maximum absolute atomic E-state index is 12.5. The molecule has 0 saturated carbocycles. The lowest BCUT2D eigenvalue weighted by Crippen LogP contribution is -2.48. The molecular formula is C26H33N3O2. The summed E-state index contributed by atoms with van der Waals surface area (Å²) in [6.45, 7) is 11.2. The quantitative estimate of drug-likeness (QED) is 0.636. The normalized spacial score (nSPS) is 15.4. The smallest absolute Gasteiger partial charge is 0.409 e. The molecule has 2 heterocycles. The molecule has 0 bridgehead atoms. The third-order valence-corrected chi connectivity index (χ3v) is 6.13. The average Bonchev–Trinajstić information content (AvgIpc) is 3.17. The van der Waals surface area contributed by atoms with Crippen molar-refractivity contribution in [2.45, 2.75) is 39.2 Å². The number of carbonyl (C=O) groups excluding carboxylic acids is 1. The van der Waals surface area contributed by atoms with Crippen LogP contribution in [0.2, 0.25) is 0 Å². The second-order valence-corrected chi connectivity index (χ2v) is 9.43. The number of fused-ring (bicyclic) bond motifs is 1. The number of ether oxygens (including phenoxy) is 1. The van der Waals surface area contributed by atoms with Crippen LogP contribution in [0.3, 0.4) is 0 Å². The zero-order chi connectivity index (χ0) is 21.8. The first-order valence-corrected chi connectivity index (χ1v) is 11.2. The number of nitrogens with zero attached hydrogens (tertiary/aromatic N) is 2. The van der Waals surface area contributed by atoms with Gasteiger partial charge in [-0.1, -0.05) is 63.2 Å². The van der Waals surface area contributed by atoms with Crippen molar-refractivity contribution in [2.75, 3.05) is 32.8 Å². The number of hydrogen-bond donors (Lipinski definition) is 1. The maximum Gasteiger partial charge on any atom is 0.409 e. The number of carbonyl (C=O) groups is 1. The van der Waals surface area contributed by atoms with E-state index in [1.54, 1.807) is 0 Å². The van der Waals surface area contributed by atoms with Crippen molar-refractivity contribution >= 4 is 17.0 Å². The van der Waals surface area contributed by atoms with E-state index in [9.17, 15) is 4.79 Å². The van der Waals surface area contributed by atoms with Crippen LogP contribution in [0.1, 0.15) is 37.5 Å². The van der Waals surface area contributed by atoms with Crippen LogP contribution in [0.5, 0.6) is 0 Å². The second kappa shape index (κ2) is 9.15. The summed E-state index contributed by atoms with van der Waals surface area (Å²) >= 11 is 0. The van der Waals surface area contributed by atoms with Crippen LogP contribution >= 0.6 is 0 Å². The molecule has 1 N–H and O–H groups in total. The molecule has 5 nitrogen and oxygen atoms in total. The monoisotopic (exact) mass is 419 g/mol. The number of para-hydroxylation sites is 1. The van der Waals surface area contributed by atoms with Gasteiger partial charge < -0.3 is 14.6 Å². The Bertz CT molecular complexity index is 1010. The number of benzene rings is 2. The number of amides is 1. The standard InChI is InChI=1S/C26H33N3O2/c1-26(2,3)22-10-8-20(9-11-22)19-28-13-15-29(16-14-28)25(30)31-17-12-21-18-27-24-7-5-4-6-23(21)24/h4-11,18,27H,12-17,19H2,1-3H3. The molecule has 164 valence electrons. The van der Waals surface area contributed by atoms with Crippen LogP contribution < -0.4 is 0 Å². The van der Waals surface area contributed by atoms with Gasteiger partial charge in [-0.2, -0.15) is 0 Å². The van der Waals surface area contributed by atoms with Gasteiger partial charge in [-0.15, -0.1) is 0 Å². The number of aromatic nitrogens is 1. The highest BCUT2D eigenvalue weighted by Crippen LogP contribution is 2.23. The number of nitrogens with one attached hydrogen (secondary N) is 1. The summed E-state index contributed by atoms with van der Waals surface area (Å²) in [7, 11) is 0. The molecule has 0 aliphatic carbocycles. The van der Waals surface area contributed by atoms with Gasteiger partial charge >= 0.3 is 6.09 Å². The number of piperazine rings is 1. The highest BCUT2D eigenvalue weighted by Gasteiger charge is 2.22. The van der Waals surface area contributed by atoms with E-state index >= 15 is 0 Å². The molecule has 1 amide bonds. The van der Waals surface area contributed by atoms with E-state index in [4.69, 9.17) is 4.74 Å². The minimum Gasteiger partial charge on any atom is -0.449 e. The number of H-pyrrole nitrogens is 1. The van der Waals surface area contributed by atoms with Gasteiger partial charge in [-0.3, -0.25) is 4.90 Å². The van der Waals surface area contributed by atoms with Gasteiger partial charge in [0.1, 0.15) is 0 Å². The SMILES string of the molecule is CC(C)(C)c1ccc(CN2CCN(C(=O)OCCc3c[nH]c4ccccc34)CC2)cc1. The third-order valence-electron chi connectivity index (χ3n) is 6.13. The molecular weight excluding hydrogens is 386 g/mol. The van der Waals surface area contributed by atoms with E-state index in [-0.39, 0.29) is 11.5 Å². The summed E-state index contributed by atoms with van der Waals surface area (Å²) in [4.78, 5) is 20.0. The molecule has 2 aromatic carbocycles. The van der Waals surface area contributed by atoms with Crippen LogP contribution in [0.4, 0.5) is 4.79 Å². The van der Waals surface area contributed by atoms with Gasteiger partial charge in [0.15, 0.2) is 0 Å². The van der Waals surface area contributed by atoms with E-state index in [1.165, 1.54) is 22.1 Å². The van der Waals surface area contributed by atoms with Crippen LogP contribution in [0.25, 0.3) is 10.9 Å². The molecule has 0 spiro atoms. The fourth-order valence-corrected chi connectivity index (χ4v) is 4.13. The van der Waals surface area contributed by atoms with Crippen LogP contribution in [0.15, 0.2) is 54.7 Å². The van der Waals surface area contributed by atoms with Crippen molar-refractivity contribution in [3.05, 3.63) is 71.4 Å². The van der Waals surface area contributed by atoms with Crippen LogP contribution in [-0.4, -0.2) is 53.7 Å². The molecule has 3 aromatic rings. The maximum atomic E-state index is 12.5. The van der Waals surface area contributed by atoms with Gasteiger partial charge in [0.05, 0.1) is 6.61 Å². The van der Waals surface area contributed by atoms with Gasteiger partial charge in [-0.25, -0.2) is 4.79 Å². The predicted octanol–water partition coefficient (Wildman–Crippen LogP) is 4.96. The summed E-state index contributed by atoms with van der Waals surface area (Å²) in [6.07, 6.45) is 2.53. The summed E-state index contributed by atoms with van der Waals surface area (Å²) in [5.41, 5.74) is 5.16. The van der Waals surface area contributed by atoms with Crippen molar-refractivity contribution in [3.8, 4) is 0 Å². The first-order valence-electron chi connectivity index (χ1n) is 11.2. The van der Waals surface area contributed by atoms with Crippen molar-refractivity contribution in [1.29, 1.82) is 0 Å². The largest absolute Gasteiger partial charge is 0.449 e. The molecule has 4 rings (SSSR count). The Labute approximate surface area is 185 Å². The molecule has 1 saturated heterocycles. The molecule has 1 aliphatic rings. The third kappa shape index (κ3) is 5.28. The van der Waals surface area contributed by atoms with E-state index in [2.05, 4.69) is 67.1 Å². The Morgan fingerprint density at radius 2 is 1.71 bits per heavy atom. The van der Waals surface area contributed by atoms with Gasteiger partial charge in [0.25, 0.3) is 0 Å². The Balaban J connectivity index is 1.21. The summed E-state index contributed by atoms with van der Waals surface area (Å²) in [5.74, 6) is 0. The van der Waals surface area contributed by atoms with E-state index in [0.717, 1.165) is 31.6 Å². The first kappa shape index (κ1) is 21.4. The summed E-state index contributed by atoms with van der Waals surface area (Å²) in [6, 6.07) is 17.1. The minimum absolute atomic E-state index is 0.179. The Kier molecular flexibility index (Phi) is 6.33. The lowest BCUT2D eigenvalue weighted by molar-refractivity contribution is 0.0753. The van der Waals surface area contributed by atoms with Crippen LogP contribution in [0, 0.1) is 0 Å². The van der Waals surface area contributed by atoms with Gasteiger partial charge in [0, 0.05) is 56.2 Å². The predicted molar refractivity (Wildman–Crippen MR) is 125 cm³/mol. The average molecular weight is 420 g/mol. The number of aromatic amines is 1. The molecule has 0 unspecified atom stereocenters. The van der Waals surface area contributed by atoms with Gasteiger partial charge in [-0.05, 0) is 28.2 Å². The van der Waals surface area contributed by atoms with Crippen molar-refractivity contribution in [2.24, 2.45) is 0 Å². The van der Waals surface area contributed by atoms with Crippen LogP contribution in [-0.2, 0) is 23.1 Å². The Morgan fingerprint density at radius 1 is 1.00 bits per heavy atom. The fourth-order valence-electron chi connectivity index (χ4n) is 4.13. The van der Waals surface area contributed by atoms with Gasteiger partial charge in [0.2, 0.25) is 0 Å². The Morgan fingerprint density at radius 3 is 2.42 bits per heavy atom. The van der Waals surface area contributed by atoms with Crippen molar-refractivity contribution < 1.29 is 9.53 Å². The molecule has 0 radical (unpaired) electrons. The van der Waals surface area contributed by atoms with E-state index in [1.807, 2.05) is 23.2 Å². The second-order valence-electron chi connectivity index (χ2n) is 9.43. The van der Waals surface area contributed by atoms with Crippen molar-refractivity contribution in [1.82, 2.24) is 14.8 Å². The minimum atomic E-state index is -0.200. The fraction of sp³-hybridized carbons (Fsp3) is 0.423. The highest BCUT2D eigenvalue weighted by atomic mass is 16.6. The molecule has 0 atom stereocenters. The Hall–Kier alpha value is -2.79. The molecule has 1 fully saturated rings. The zero-order valence-electron chi connectivity index (χ0n) is 18.9. The number of hydrogen-bond acceptors (Lipinski definition) is 3. The highest BCUT2D eigenvalue weighted by molar-refractivity contribution is 5.83. The zero-order valence-corrected chi connectivity index (χ0v) is 18.9. The lowest BCUT2D eigenvalue weighted by atomic mass is 9.87. The number of rotatable bonds is 5. The van der Waals surface area contributed by atoms with Crippen molar-refractivity contribution in [3.63, 3.8) is 0 Å². The van der Waals surface area contributed by atoms with E-state index < -0.39 is 0 Å². The first-order chi connectivity index (χ1) is 14.9. The molecule has 5 heteroatoms.